The summed E-state index contributed by atoms with van der Waals surface area (Å²) in [5.41, 5.74) is 8.12. The SMILES string of the molecule is CCCCC[C@@H]1C=C[C@@H](CCCCC[C@H](C(=O)O)[C@H](O)CC[C@]2(O)C[C@H](CC3=CCNC(N)=C3)C[C@H]2Cc2ccc(CCO)[nH]2)[C@H](O)C1. The monoisotopic (exact) mass is 669 g/mol. The highest BCUT2D eigenvalue weighted by Gasteiger charge is 2.46. The van der Waals surface area contributed by atoms with Crippen LogP contribution in [0.5, 0.6) is 0 Å². The summed E-state index contributed by atoms with van der Waals surface area (Å²) in [6.45, 7) is 2.97. The molecule has 0 amide bonds. The standard InChI is InChI=1S/C39H63N3O6/c1-2-3-5-8-27-11-12-30(36(45)23-27)9-6-4-7-10-34(38(46)47)35(44)15-18-39(48)26-29(21-28-16-19-41-37(40)24-28)22-31(39)25-33-14-13-32(42-33)17-20-43/h11-14,16,24,27,29-31,34-36,41-45,48H,2-10,15,17-23,25-26,40H2,1H3,(H,46,47)/t27-,29-,30-,31+,34+,35-,36-,39+/m1/s1. The summed E-state index contributed by atoms with van der Waals surface area (Å²) in [5.74, 6) is -0.353. The summed E-state index contributed by atoms with van der Waals surface area (Å²) >= 11 is 0. The molecule has 8 atom stereocenters. The van der Waals surface area contributed by atoms with Gasteiger partial charge in [-0.05, 0) is 106 Å². The van der Waals surface area contributed by atoms with E-state index in [4.69, 9.17) is 5.73 Å². The van der Waals surface area contributed by atoms with Crippen LogP contribution in [-0.4, -0.2) is 67.4 Å². The average molecular weight is 670 g/mol. The van der Waals surface area contributed by atoms with Crippen LogP contribution in [0.4, 0.5) is 0 Å². The van der Waals surface area contributed by atoms with Gasteiger partial charge in [-0.3, -0.25) is 4.79 Å². The summed E-state index contributed by atoms with van der Waals surface area (Å²) in [5, 5.41) is 56.4. The lowest BCUT2D eigenvalue weighted by Gasteiger charge is -2.32. The maximum absolute atomic E-state index is 12.2. The van der Waals surface area contributed by atoms with Gasteiger partial charge in [0.1, 0.15) is 0 Å². The number of nitrogens with two attached hydrogens (primary N) is 1. The quantitative estimate of drug-likeness (QED) is 0.0627. The molecule has 0 radical (unpaired) electrons. The fourth-order valence-electron chi connectivity index (χ4n) is 8.48. The van der Waals surface area contributed by atoms with E-state index in [-0.39, 0.29) is 36.9 Å². The molecule has 9 N–H and O–H groups in total. The van der Waals surface area contributed by atoms with Crippen molar-refractivity contribution in [2.24, 2.45) is 35.3 Å². The number of H-pyrrole nitrogens is 1. The molecule has 2 heterocycles. The Morgan fingerprint density at radius 1 is 1.04 bits per heavy atom. The zero-order valence-corrected chi connectivity index (χ0v) is 29.2. The minimum Gasteiger partial charge on any atom is -0.481 e. The van der Waals surface area contributed by atoms with Crippen LogP contribution in [0.25, 0.3) is 0 Å². The van der Waals surface area contributed by atoms with Crippen LogP contribution in [0.2, 0.25) is 0 Å². The Bertz CT molecular complexity index is 1230. The van der Waals surface area contributed by atoms with Crippen molar-refractivity contribution in [2.45, 2.75) is 134 Å². The van der Waals surface area contributed by atoms with Crippen LogP contribution in [0, 0.1) is 29.6 Å². The molecule has 0 unspecified atom stereocenters. The maximum Gasteiger partial charge on any atom is 0.309 e. The minimum absolute atomic E-state index is 0.0435. The number of aliphatic hydroxyl groups is 4. The highest BCUT2D eigenvalue weighted by molar-refractivity contribution is 5.70. The molecule has 9 heteroatoms. The van der Waals surface area contributed by atoms with Gasteiger partial charge < -0.3 is 41.6 Å². The molecule has 2 aliphatic carbocycles. The topological polar surface area (TPSA) is 172 Å². The van der Waals surface area contributed by atoms with E-state index < -0.39 is 23.6 Å². The zero-order valence-electron chi connectivity index (χ0n) is 29.2. The first-order valence-electron chi connectivity index (χ1n) is 18.8. The molecule has 0 spiro atoms. The van der Waals surface area contributed by atoms with Crippen LogP contribution in [0.3, 0.4) is 0 Å². The van der Waals surface area contributed by atoms with E-state index in [1.807, 2.05) is 18.2 Å². The molecule has 48 heavy (non-hydrogen) atoms. The molecular formula is C39H63N3O6. The van der Waals surface area contributed by atoms with E-state index in [0.717, 1.165) is 61.9 Å². The second-order valence-electron chi connectivity index (χ2n) is 15.1. The molecule has 1 fully saturated rings. The lowest BCUT2D eigenvalue weighted by Crippen LogP contribution is -2.37. The molecule has 1 aromatic rings. The third-order valence-electron chi connectivity index (χ3n) is 11.3. The third-order valence-corrected chi connectivity index (χ3v) is 11.3. The zero-order chi connectivity index (χ0) is 34.5. The second kappa shape index (κ2) is 19.0. The van der Waals surface area contributed by atoms with Gasteiger partial charge in [0.15, 0.2) is 0 Å². The Balaban J connectivity index is 1.28. The number of aliphatic carboxylic acids is 1. The normalized spacial score (nSPS) is 28.5. The number of aromatic nitrogens is 1. The molecule has 1 saturated carbocycles. The Labute approximate surface area is 287 Å². The number of carboxylic acid groups (broad SMARTS) is 1. The summed E-state index contributed by atoms with van der Waals surface area (Å²) in [4.78, 5) is 15.6. The van der Waals surface area contributed by atoms with Gasteiger partial charge in [0.2, 0.25) is 0 Å². The molecule has 270 valence electrons. The first kappa shape index (κ1) is 38.2. The van der Waals surface area contributed by atoms with Gasteiger partial charge in [0.25, 0.3) is 0 Å². The van der Waals surface area contributed by atoms with Gasteiger partial charge in [-0.2, -0.15) is 0 Å². The first-order valence-corrected chi connectivity index (χ1v) is 18.8. The van der Waals surface area contributed by atoms with Crippen molar-refractivity contribution in [3.63, 3.8) is 0 Å². The number of allylic oxidation sites excluding steroid dienone is 3. The van der Waals surface area contributed by atoms with Gasteiger partial charge >= 0.3 is 5.97 Å². The minimum atomic E-state index is -1.03. The molecule has 1 aliphatic heterocycles. The Kier molecular flexibility index (Phi) is 15.1. The highest BCUT2D eigenvalue weighted by atomic mass is 16.4. The molecule has 1 aromatic heterocycles. The lowest BCUT2D eigenvalue weighted by molar-refractivity contribution is -0.146. The van der Waals surface area contributed by atoms with Gasteiger partial charge in [-0.15, -0.1) is 0 Å². The van der Waals surface area contributed by atoms with Crippen LogP contribution in [-0.2, 0) is 17.6 Å². The van der Waals surface area contributed by atoms with Crippen LogP contribution in [0.15, 0.2) is 47.8 Å². The van der Waals surface area contributed by atoms with Crippen LogP contribution in [0.1, 0.15) is 115 Å². The molecule has 0 bridgehead atoms. The van der Waals surface area contributed by atoms with Crippen molar-refractivity contribution >= 4 is 5.97 Å². The van der Waals surface area contributed by atoms with Crippen molar-refractivity contribution in [2.75, 3.05) is 13.2 Å². The van der Waals surface area contributed by atoms with E-state index in [9.17, 15) is 30.3 Å². The summed E-state index contributed by atoms with van der Waals surface area (Å²) in [6.07, 6.45) is 20.7. The average Bonchev–Trinajstić information content (AvgIpc) is 3.61. The van der Waals surface area contributed by atoms with Gasteiger partial charge in [0.05, 0.1) is 29.5 Å². The van der Waals surface area contributed by atoms with E-state index in [1.165, 1.54) is 19.3 Å². The van der Waals surface area contributed by atoms with Crippen LogP contribution < -0.4 is 11.1 Å². The van der Waals surface area contributed by atoms with Gasteiger partial charge in [0, 0.05) is 36.9 Å². The molecule has 0 aromatic carbocycles. The maximum atomic E-state index is 12.2. The van der Waals surface area contributed by atoms with E-state index in [0.29, 0.717) is 56.8 Å². The summed E-state index contributed by atoms with van der Waals surface area (Å²) in [7, 11) is 0. The Morgan fingerprint density at radius 2 is 1.83 bits per heavy atom. The molecule has 4 rings (SSSR count). The van der Waals surface area contributed by atoms with E-state index in [2.05, 4.69) is 35.5 Å². The number of aromatic amines is 1. The van der Waals surface area contributed by atoms with Crippen molar-refractivity contribution in [1.82, 2.24) is 10.3 Å². The fraction of sp³-hybridized carbons (Fsp3) is 0.718. The van der Waals surface area contributed by atoms with Crippen molar-refractivity contribution in [3.05, 3.63) is 59.2 Å². The predicted octanol–water partition coefficient (Wildman–Crippen LogP) is 5.50. The molecule has 3 aliphatic rings. The summed E-state index contributed by atoms with van der Waals surface area (Å²) < 4.78 is 0. The smallest absolute Gasteiger partial charge is 0.309 e. The van der Waals surface area contributed by atoms with Crippen molar-refractivity contribution in [1.29, 1.82) is 0 Å². The number of aliphatic hydroxyl groups excluding tert-OH is 3. The van der Waals surface area contributed by atoms with Gasteiger partial charge in [-0.1, -0.05) is 63.7 Å². The number of dihydropyridines is 1. The lowest BCUT2D eigenvalue weighted by atomic mass is 9.80. The number of hydrogen-bond acceptors (Lipinski definition) is 7. The Hall–Kier alpha value is -2.59. The summed E-state index contributed by atoms with van der Waals surface area (Å²) in [6, 6.07) is 3.99. The highest BCUT2D eigenvalue weighted by Crippen LogP contribution is 2.47. The number of carboxylic acids is 1. The van der Waals surface area contributed by atoms with Crippen molar-refractivity contribution in [3.8, 4) is 0 Å². The number of unbranched alkanes of at least 4 members (excludes halogenated alkanes) is 4. The third kappa shape index (κ3) is 11.5. The number of rotatable bonds is 21. The largest absolute Gasteiger partial charge is 0.481 e. The van der Waals surface area contributed by atoms with Gasteiger partial charge in [-0.25, -0.2) is 0 Å². The molecule has 9 nitrogen and oxygen atoms in total. The second-order valence-corrected chi connectivity index (χ2v) is 15.1. The fourth-order valence-corrected chi connectivity index (χ4v) is 8.48. The number of carbonyl (C=O) groups is 1. The van der Waals surface area contributed by atoms with Crippen molar-refractivity contribution < 1.29 is 30.3 Å². The van der Waals surface area contributed by atoms with E-state index in [1.54, 1.807) is 0 Å². The number of nitrogens with one attached hydrogen (secondary N) is 2. The molecular weight excluding hydrogens is 606 g/mol. The Morgan fingerprint density at radius 3 is 2.56 bits per heavy atom. The number of hydrogen-bond donors (Lipinski definition) is 8. The molecule has 0 saturated heterocycles. The van der Waals surface area contributed by atoms with Crippen LogP contribution >= 0.6 is 0 Å². The predicted molar refractivity (Wildman–Crippen MR) is 190 cm³/mol. The van der Waals surface area contributed by atoms with E-state index >= 15 is 0 Å². The first-order chi connectivity index (χ1) is 23.1.